The third kappa shape index (κ3) is 6.17. The number of hydrogen-bond acceptors (Lipinski definition) is 5. The number of carboxylic acids is 2. The molecular formula is C20H33NO7. The van der Waals surface area contributed by atoms with Gasteiger partial charge in [0.1, 0.15) is 6.79 Å². The van der Waals surface area contributed by atoms with Gasteiger partial charge in [0.15, 0.2) is 0 Å². The molecule has 1 amide bonds. The first-order valence-corrected chi connectivity index (χ1v) is 10.2. The van der Waals surface area contributed by atoms with Crippen molar-refractivity contribution >= 4 is 17.8 Å². The summed E-state index contributed by atoms with van der Waals surface area (Å²) in [5.41, 5.74) is -0.515. The SMILES string of the molecule is COCOCC(CCC1(C(=O)NC2CCC(C(=O)O)CC2)CCCC1)C(=O)O. The molecule has 0 spiro atoms. The van der Waals surface area contributed by atoms with Crippen LogP contribution in [-0.4, -0.2) is 54.6 Å². The molecule has 160 valence electrons. The van der Waals surface area contributed by atoms with Crippen molar-refractivity contribution in [3.63, 3.8) is 0 Å². The predicted octanol–water partition coefficient (Wildman–Crippen LogP) is 2.41. The molecule has 2 aliphatic rings. The fraction of sp³-hybridized carbons (Fsp3) is 0.850. The van der Waals surface area contributed by atoms with E-state index in [0.717, 1.165) is 25.7 Å². The summed E-state index contributed by atoms with van der Waals surface area (Å²) < 4.78 is 10.0. The van der Waals surface area contributed by atoms with Crippen LogP contribution in [0.5, 0.6) is 0 Å². The largest absolute Gasteiger partial charge is 0.481 e. The molecule has 0 bridgehead atoms. The lowest BCUT2D eigenvalue weighted by atomic mass is 9.77. The predicted molar refractivity (Wildman–Crippen MR) is 101 cm³/mol. The Balaban J connectivity index is 1.90. The molecule has 2 fully saturated rings. The molecule has 2 rings (SSSR count). The van der Waals surface area contributed by atoms with Gasteiger partial charge < -0.3 is 25.0 Å². The molecule has 1 unspecified atom stereocenters. The zero-order chi connectivity index (χ0) is 20.6. The Morgan fingerprint density at radius 3 is 2.29 bits per heavy atom. The first-order valence-electron chi connectivity index (χ1n) is 10.2. The van der Waals surface area contributed by atoms with E-state index in [1.54, 1.807) is 0 Å². The number of aliphatic carboxylic acids is 2. The molecule has 0 aromatic rings. The Labute approximate surface area is 166 Å². The summed E-state index contributed by atoms with van der Waals surface area (Å²) in [5, 5.41) is 21.7. The number of carbonyl (C=O) groups excluding carboxylic acids is 1. The van der Waals surface area contributed by atoms with Gasteiger partial charge in [0.2, 0.25) is 5.91 Å². The van der Waals surface area contributed by atoms with E-state index < -0.39 is 23.3 Å². The van der Waals surface area contributed by atoms with Gasteiger partial charge in [0, 0.05) is 18.6 Å². The summed E-state index contributed by atoms with van der Waals surface area (Å²) in [7, 11) is 1.48. The summed E-state index contributed by atoms with van der Waals surface area (Å²) in [6, 6.07) is 0.0147. The highest BCUT2D eigenvalue weighted by molar-refractivity contribution is 5.83. The normalized spacial score (nSPS) is 25.2. The third-order valence-electron chi connectivity index (χ3n) is 6.29. The van der Waals surface area contributed by atoms with E-state index in [1.165, 1.54) is 7.11 Å². The Morgan fingerprint density at radius 1 is 1.11 bits per heavy atom. The van der Waals surface area contributed by atoms with Gasteiger partial charge in [-0.2, -0.15) is 0 Å². The Kier molecular flexibility index (Phi) is 8.69. The summed E-state index contributed by atoms with van der Waals surface area (Å²) in [4.78, 5) is 35.7. The summed E-state index contributed by atoms with van der Waals surface area (Å²) in [6.07, 6.45) is 6.94. The van der Waals surface area contributed by atoms with Crippen molar-refractivity contribution in [2.75, 3.05) is 20.5 Å². The maximum atomic E-state index is 13.1. The van der Waals surface area contributed by atoms with Crippen molar-refractivity contribution in [1.29, 1.82) is 0 Å². The maximum absolute atomic E-state index is 13.1. The van der Waals surface area contributed by atoms with Gasteiger partial charge in [-0.25, -0.2) is 0 Å². The van der Waals surface area contributed by atoms with Crippen LogP contribution in [-0.2, 0) is 23.9 Å². The van der Waals surface area contributed by atoms with Crippen molar-refractivity contribution < 1.29 is 34.1 Å². The topological polar surface area (TPSA) is 122 Å². The van der Waals surface area contributed by atoms with Crippen LogP contribution >= 0.6 is 0 Å². The molecule has 2 saturated carbocycles. The monoisotopic (exact) mass is 399 g/mol. The number of hydrogen-bond donors (Lipinski definition) is 3. The lowest BCUT2D eigenvalue weighted by Gasteiger charge is -2.33. The smallest absolute Gasteiger partial charge is 0.308 e. The van der Waals surface area contributed by atoms with Crippen LogP contribution in [0, 0.1) is 17.3 Å². The van der Waals surface area contributed by atoms with Crippen LogP contribution in [0.15, 0.2) is 0 Å². The van der Waals surface area contributed by atoms with Crippen molar-refractivity contribution in [1.82, 2.24) is 5.32 Å². The van der Waals surface area contributed by atoms with E-state index in [4.69, 9.17) is 14.6 Å². The van der Waals surface area contributed by atoms with Crippen molar-refractivity contribution in [2.24, 2.45) is 17.3 Å². The van der Waals surface area contributed by atoms with Crippen LogP contribution in [0.25, 0.3) is 0 Å². The average molecular weight is 399 g/mol. The molecule has 8 nitrogen and oxygen atoms in total. The Morgan fingerprint density at radius 2 is 1.75 bits per heavy atom. The quantitative estimate of drug-likeness (QED) is 0.360. The first kappa shape index (κ1) is 22.6. The minimum absolute atomic E-state index is 0.00530. The molecule has 0 heterocycles. The number of amides is 1. The lowest BCUT2D eigenvalue weighted by molar-refractivity contribution is -0.147. The first-order chi connectivity index (χ1) is 13.4. The van der Waals surface area contributed by atoms with Gasteiger partial charge in [-0.05, 0) is 51.4 Å². The second-order valence-corrected chi connectivity index (χ2v) is 8.20. The summed E-state index contributed by atoms with van der Waals surface area (Å²) >= 11 is 0. The Bertz CT molecular complexity index is 537. The lowest BCUT2D eigenvalue weighted by Crippen LogP contribution is -2.46. The van der Waals surface area contributed by atoms with E-state index in [1.807, 2.05) is 0 Å². The summed E-state index contributed by atoms with van der Waals surface area (Å²) in [6.45, 7) is 0.120. The summed E-state index contributed by atoms with van der Waals surface area (Å²) in [5.74, 6) is -2.64. The van der Waals surface area contributed by atoms with Gasteiger partial charge in [0.25, 0.3) is 0 Å². The minimum atomic E-state index is -0.920. The molecule has 0 saturated heterocycles. The number of rotatable bonds is 11. The van der Waals surface area contributed by atoms with Crippen molar-refractivity contribution in [2.45, 2.75) is 70.3 Å². The van der Waals surface area contributed by atoms with Crippen molar-refractivity contribution in [3.8, 4) is 0 Å². The third-order valence-corrected chi connectivity index (χ3v) is 6.29. The molecule has 3 N–H and O–H groups in total. The molecule has 2 aliphatic carbocycles. The fourth-order valence-electron chi connectivity index (χ4n) is 4.47. The fourth-order valence-corrected chi connectivity index (χ4v) is 4.47. The van der Waals surface area contributed by atoms with Crippen molar-refractivity contribution in [3.05, 3.63) is 0 Å². The highest BCUT2D eigenvalue weighted by Gasteiger charge is 2.42. The van der Waals surface area contributed by atoms with Crippen LogP contribution in [0.1, 0.15) is 64.2 Å². The molecule has 0 aromatic heterocycles. The second kappa shape index (κ2) is 10.8. The number of methoxy groups -OCH3 is 1. The highest BCUT2D eigenvalue weighted by Crippen LogP contribution is 2.43. The number of carbonyl (C=O) groups is 3. The molecule has 0 aliphatic heterocycles. The zero-order valence-electron chi connectivity index (χ0n) is 16.7. The standard InChI is InChI=1S/C20H33NO7/c1-27-13-28-12-15(18(24)25)8-11-20(9-2-3-10-20)19(26)21-16-6-4-14(5-7-16)17(22)23/h14-16H,2-13H2,1H3,(H,21,26)(H,22,23)(H,24,25). The van der Waals surface area contributed by atoms with Gasteiger partial charge in [-0.3, -0.25) is 14.4 Å². The van der Waals surface area contributed by atoms with Crippen LogP contribution < -0.4 is 5.32 Å². The van der Waals surface area contributed by atoms with Gasteiger partial charge in [0.05, 0.1) is 18.4 Å². The average Bonchev–Trinajstić information content (AvgIpc) is 3.15. The van der Waals surface area contributed by atoms with Gasteiger partial charge in [-0.1, -0.05) is 12.8 Å². The van der Waals surface area contributed by atoms with Gasteiger partial charge >= 0.3 is 11.9 Å². The molecule has 28 heavy (non-hydrogen) atoms. The second-order valence-electron chi connectivity index (χ2n) is 8.20. The maximum Gasteiger partial charge on any atom is 0.308 e. The van der Waals surface area contributed by atoms with E-state index in [0.29, 0.717) is 38.5 Å². The number of nitrogens with one attached hydrogen (secondary N) is 1. The van der Waals surface area contributed by atoms with Crippen LogP contribution in [0.4, 0.5) is 0 Å². The highest BCUT2D eigenvalue weighted by atomic mass is 16.7. The molecule has 0 aromatic carbocycles. The number of carboxylic acid groups (broad SMARTS) is 2. The van der Waals surface area contributed by atoms with Crippen LogP contribution in [0.3, 0.4) is 0 Å². The molecule has 1 atom stereocenters. The molecule has 0 radical (unpaired) electrons. The Hall–Kier alpha value is -1.67. The molecule has 8 heteroatoms. The van der Waals surface area contributed by atoms with Crippen LogP contribution in [0.2, 0.25) is 0 Å². The van der Waals surface area contributed by atoms with E-state index in [9.17, 15) is 19.5 Å². The van der Waals surface area contributed by atoms with E-state index in [2.05, 4.69) is 5.32 Å². The minimum Gasteiger partial charge on any atom is -0.481 e. The number of ether oxygens (including phenoxy) is 2. The van der Waals surface area contributed by atoms with E-state index >= 15 is 0 Å². The molecular weight excluding hydrogens is 366 g/mol. The zero-order valence-corrected chi connectivity index (χ0v) is 16.7. The van der Waals surface area contributed by atoms with E-state index in [-0.39, 0.29) is 31.3 Å². The van der Waals surface area contributed by atoms with Gasteiger partial charge in [-0.15, -0.1) is 0 Å².